The van der Waals surface area contributed by atoms with E-state index in [1.807, 2.05) is 13.8 Å². The maximum atomic E-state index is 14.3. The van der Waals surface area contributed by atoms with Crippen molar-refractivity contribution in [3.05, 3.63) is 42.0 Å². The molecule has 130 valence electrons. The first-order chi connectivity index (χ1) is 11.5. The van der Waals surface area contributed by atoms with Crippen LogP contribution in [0.3, 0.4) is 0 Å². The number of urea groups is 1. The van der Waals surface area contributed by atoms with Gasteiger partial charge in [-0.2, -0.15) is 5.10 Å². The van der Waals surface area contributed by atoms with Crippen LogP contribution in [0.4, 0.5) is 14.9 Å². The van der Waals surface area contributed by atoms with Crippen LogP contribution < -0.4 is 5.32 Å². The van der Waals surface area contributed by atoms with Gasteiger partial charge in [-0.15, -0.1) is 0 Å². The number of hydrogen-bond acceptors (Lipinski definition) is 3. The Bertz CT molecular complexity index is 687. The van der Waals surface area contributed by atoms with E-state index in [9.17, 15) is 9.18 Å². The molecule has 0 aliphatic heterocycles. The standard InChI is InChI=1S/C17H23FN4O2/c1-3-4-7-21(8-9-23)17(24)20-14-5-6-16(15(18)10-14)22-12-13(2)11-19-22/h5-6,10-12,23H,3-4,7-9H2,1-2H3,(H,20,24). The van der Waals surface area contributed by atoms with Crippen molar-refractivity contribution in [1.29, 1.82) is 0 Å². The number of aliphatic hydroxyl groups excluding tert-OH is 1. The molecule has 0 atom stereocenters. The molecule has 0 spiro atoms. The van der Waals surface area contributed by atoms with Crippen LogP contribution in [0.2, 0.25) is 0 Å². The van der Waals surface area contributed by atoms with E-state index in [0.717, 1.165) is 18.4 Å². The van der Waals surface area contributed by atoms with E-state index in [-0.39, 0.29) is 19.2 Å². The minimum atomic E-state index is -0.474. The van der Waals surface area contributed by atoms with Gasteiger partial charge in [0.05, 0.1) is 12.8 Å². The Balaban J connectivity index is 2.09. The van der Waals surface area contributed by atoms with Gasteiger partial charge in [-0.05, 0) is 37.1 Å². The van der Waals surface area contributed by atoms with E-state index in [0.29, 0.717) is 17.9 Å². The van der Waals surface area contributed by atoms with Gasteiger partial charge in [0.1, 0.15) is 5.69 Å². The number of nitrogens with one attached hydrogen (secondary N) is 1. The number of rotatable bonds is 7. The molecular formula is C17H23FN4O2. The maximum Gasteiger partial charge on any atom is 0.321 e. The zero-order chi connectivity index (χ0) is 17.5. The van der Waals surface area contributed by atoms with Crippen LogP contribution in [0, 0.1) is 12.7 Å². The second kappa shape index (κ2) is 8.44. The lowest BCUT2D eigenvalue weighted by Crippen LogP contribution is -2.37. The normalized spacial score (nSPS) is 10.7. The minimum absolute atomic E-state index is 0.108. The van der Waals surface area contributed by atoms with Gasteiger partial charge in [0, 0.05) is 25.0 Å². The van der Waals surface area contributed by atoms with Gasteiger partial charge in [-0.25, -0.2) is 13.9 Å². The quantitative estimate of drug-likeness (QED) is 0.818. The Labute approximate surface area is 140 Å². The predicted octanol–water partition coefficient (Wildman–Crippen LogP) is 2.95. The summed E-state index contributed by atoms with van der Waals surface area (Å²) in [5, 5.41) is 15.8. The van der Waals surface area contributed by atoms with E-state index >= 15 is 0 Å². The van der Waals surface area contributed by atoms with Crippen molar-refractivity contribution in [3.63, 3.8) is 0 Å². The van der Waals surface area contributed by atoms with Gasteiger partial charge in [0.25, 0.3) is 0 Å². The van der Waals surface area contributed by atoms with Gasteiger partial charge < -0.3 is 15.3 Å². The molecule has 0 unspecified atom stereocenters. The first-order valence-corrected chi connectivity index (χ1v) is 8.03. The molecule has 0 aliphatic rings. The molecule has 7 heteroatoms. The highest BCUT2D eigenvalue weighted by molar-refractivity contribution is 5.89. The number of aromatic nitrogens is 2. The molecule has 0 saturated carbocycles. The zero-order valence-corrected chi connectivity index (χ0v) is 14.0. The molecule has 2 rings (SSSR count). The molecule has 6 nitrogen and oxygen atoms in total. The fourth-order valence-corrected chi connectivity index (χ4v) is 2.30. The van der Waals surface area contributed by atoms with Crippen molar-refractivity contribution >= 4 is 11.7 Å². The highest BCUT2D eigenvalue weighted by Gasteiger charge is 2.14. The van der Waals surface area contributed by atoms with Crippen molar-refractivity contribution in [2.24, 2.45) is 0 Å². The topological polar surface area (TPSA) is 70.4 Å². The lowest BCUT2D eigenvalue weighted by molar-refractivity contribution is 0.187. The number of unbranched alkanes of at least 4 members (excludes halogenated alkanes) is 1. The molecule has 0 radical (unpaired) electrons. The third-order valence-corrected chi connectivity index (χ3v) is 3.60. The lowest BCUT2D eigenvalue weighted by Gasteiger charge is -2.22. The van der Waals surface area contributed by atoms with Gasteiger partial charge in [-0.1, -0.05) is 13.3 Å². The summed E-state index contributed by atoms with van der Waals surface area (Å²) in [6.07, 6.45) is 5.17. The molecule has 1 aromatic heterocycles. The van der Waals surface area contributed by atoms with Crippen molar-refractivity contribution in [1.82, 2.24) is 14.7 Å². The number of carbonyl (C=O) groups excluding carboxylic acids is 1. The van der Waals surface area contributed by atoms with Crippen LogP contribution >= 0.6 is 0 Å². The molecule has 2 N–H and O–H groups in total. The van der Waals surface area contributed by atoms with E-state index in [2.05, 4.69) is 10.4 Å². The Morgan fingerprint density at radius 1 is 1.42 bits per heavy atom. The Morgan fingerprint density at radius 3 is 2.79 bits per heavy atom. The van der Waals surface area contributed by atoms with E-state index in [1.165, 1.54) is 15.6 Å². The summed E-state index contributed by atoms with van der Waals surface area (Å²) >= 11 is 0. The van der Waals surface area contributed by atoms with Gasteiger partial charge >= 0.3 is 6.03 Å². The number of amides is 2. The van der Waals surface area contributed by atoms with Crippen LogP contribution in [0.5, 0.6) is 0 Å². The Hall–Kier alpha value is -2.41. The molecule has 1 aromatic carbocycles. The maximum absolute atomic E-state index is 14.3. The van der Waals surface area contributed by atoms with Crippen molar-refractivity contribution in [2.45, 2.75) is 26.7 Å². The molecule has 0 fully saturated rings. The van der Waals surface area contributed by atoms with Gasteiger partial charge in [0.15, 0.2) is 5.82 Å². The molecule has 1 heterocycles. The third-order valence-electron chi connectivity index (χ3n) is 3.60. The summed E-state index contributed by atoms with van der Waals surface area (Å²) in [5.74, 6) is -0.474. The summed E-state index contributed by atoms with van der Waals surface area (Å²) < 4.78 is 15.7. The molecule has 0 bridgehead atoms. The monoisotopic (exact) mass is 334 g/mol. The van der Waals surface area contributed by atoms with Crippen molar-refractivity contribution < 1.29 is 14.3 Å². The van der Waals surface area contributed by atoms with Crippen molar-refractivity contribution in [3.8, 4) is 5.69 Å². The van der Waals surface area contributed by atoms with E-state index in [4.69, 9.17) is 5.11 Å². The largest absolute Gasteiger partial charge is 0.395 e. The van der Waals surface area contributed by atoms with Crippen LogP contribution in [0.1, 0.15) is 25.3 Å². The average Bonchev–Trinajstić information content (AvgIpc) is 2.97. The first kappa shape index (κ1) is 17.9. The second-order valence-electron chi connectivity index (χ2n) is 5.62. The number of benzene rings is 1. The lowest BCUT2D eigenvalue weighted by atomic mass is 10.2. The predicted molar refractivity (Wildman–Crippen MR) is 90.8 cm³/mol. The highest BCUT2D eigenvalue weighted by atomic mass is 19.1. The fraction of sp³-hybridized carbons (Fsp3) is 0.412. The van der Waals surface area contributed by atoms with Crippen LogP contribution in [0.25, 0.3) is 5.69 Å². The zero-order valence-electron chi connectivity index (χ0n) is 14.0. The van der Waals surface area contributed by atoms with Crippen LogP contribution in [0.15, 0.2) is 30.6 Å². The SMILES string of the molecule is CCCCN(CCO)C(=O)Nc1ccc(-n2cc(C)cn2)c(F)c1. The van der Waals surface area contributed by atoms with E-state index < -0.39 is 5.82 Å². The summed E-state index contributed by atoms with van der Waals surface area (Å²) in [7, 11) is 0. The smallest absolute Gasteiger partial charge is 0.321 e. The molecular weight excluding hydrogens is 311 g/mol. The van der Waals surface area contributed by atoms with Crippen LogP contribution in [-0.4, -0.2) is 45.5 Å². The Kier molecular flexibility index (Phi) is 6.31. The molecule has 0 aliphatic carbocycles. The summed E-state index contributed by atoms with van der Waals surface area (Å²) in [6, 6.07) is 4.12. The van der Waals surface area contributed by atoms with Gasteiger partial charge in [-0.3, -0.25) is 0 Å². The summed E-state index contributed by atoms with van der Waals surface area (Å²) in [5.41, 5.74) is 1.62. The number of nitrogens with zero attached hydrogens (tertiary/aromatic N) is 3. The minimum Gasteiger partial charge on any atom is -0.395 e. The van der Waals surface area contributed by atoms with Crippen molar-refractivity contribution in [2.75, 3.05) is 25.0 Å². The second-order valence-corrected chi connectivity index (χ2v) is 5.62. The van der Waals surface area contributed by atoms with Crippen LogP contribution in [-0.2, 0) is 0 Å². The molecule has 24 heavy (non-hydrogen) atoms. The third kappa shape index (κ3) is 4.55. The molecule has 2 aromatic rings. The molecule has 2 amide bonds. The first-order valence-electron chi connectivity index (χ1n) is 8.03. The number of aryl methyl sites for hydroxylation is 1. The average molecular weight is 334 g/mol. The number of carbonyl (C=O) groups is 1. The summed E-state index contributed by atoms with van der Waals surface area (Å²) in [6.45, 7) is 4.60. The molecule has 0 saturated heterocycles. The highest BCUT2D eigenvalue weighted by Crippen LogP contribution is 2.18. The number of halogens is 1. The van der Waals surface area contributed by atoms with E-state index in [1.54, 1.807) is 24.5 Å². The Morgan fingerprint density at radius 2 is 2.21 bits per heavy atom. The number of anilines is 1. The summed E-state index contributed by atoms with van der Waals surface area (Å²) in [4.78, 5) is 13.8. The number of aliphatic hydroxyl groups is 1. The van der Waals surface area contributed by atoms with Gasteiger partial charge in [0.2, 0.25) is 0 Å². The number of hydrogen-bond donors (Lipinski definition) is 2. The fourth-order valence-electron chi connectivity index (χ4n) is 2.30.